The Kier molecular flexibility index (Phi) is 4.94. The van der Waals surface area contributed by atoms with Gasteiger partial charge in [0.2, 0.25) is 0 Å². The lowest BCUT2D eigenvalue weighted by Gasteiger charge is -2.15. The molecule has 0 radical (unpaired) electrons. The van der Waals surface area contributed by atoms with E-state index in [0.717, 1.165) is 11.1 Å². The van der Waals surface area contributed by atoms with E-state index < -0.39 is 0 Å². The van der Waals surface area contributed by atoms with Crippen LogP contribution in [0, 0.1) is 0 Å². The number of halogens is 1. The lowest BCUT2D eigenvalue weighted by atomic mass is 10.1. The molecule has 1 amide bonds. The zero-order valence-corrected chi connectivity index (χ0v) is 13.0. The molecule has 108 valence electrons. The molecule has 0 bridgehead atoms. The second kappa shape index (κ2) is 6.70. The van der Waals surface area contributed by atoms with Gasteiger partial charge >= 0.3 is 0 Å². The van der Waals surface area contributed by atoms with Crippen LogP contribution in [0.1, 0.15) is 34.5 Å². The summed E-state index contributed by atoms with van der Waals surface area (Å²) in [6.07, 6.45) is 0. The number of thiocarbonyl (C=S) groups is 1. The molecule has 1 atom stereocenters. The summed E-state index contributed by atoms with van der Waals surface area (Å²) >= 11 is 11.0. The Morgan fingerprint density at radius 2 is 1.71 bits per heavy atom. The van der Waals surface area contributed by atoms with Crippen LogP contribution in [0.5, 0.6) is 0 Å². The summed E-state index contributed by atoms with van der Waals surface area (Å²) in [5.41, 5.74) is 7.70. The zero-order chi connectivity index (χ0) is 15.4. The molecule has 0 aliphatic heterocycles. The van der Waals surface area contributed by atoms with Gasteiger partial charge in [-0.3, -0.25) is 4.79 Å². The van der Waals surface area contributed by atoms with E-state index in [-0.39, 0.29) is 11.9 Å². The first kappa shape index (κ1) is 15.5. The summed E-state index contributed by atoms with van der Waals surface area (Å²) in [5.74, 6) is -0.170. The monoisotopic (exact) mass is 318 g/mol. The first-order valence-electron chi connectivity index (χ1n) is 6.44. The maximum atomic E-state index is 12.2. The van der Waals surface area contributed by atoms with Crippen LogP contribution in [0.4, 0.5) is 0 Å². The highest BCUT2D eigenvalue weighted by atomic mass is 35.5. The molecule has 0 fully saturated rings. The van der Waals surface area contributed by atoms with Crippen LogP contribution in [0.2, 0.25) is 5.02 Å². The predicted octanol–water partition coefficient (Wildman–Crippen LogP) is 3.47. The summed E-state index contributed by atoms with van der Waals surface area (Å²) in [6, 6.07) is 14.1. The number of nitrogens with one attached hydrogen (secondary N) is 1. The van der Waals surface area contributed by atoms with Crippen LogP contribution >= 0.6 is 23.8 Å². The number of hydrogen-bond donors (Lipinski definition) is 2. The maximum absolute atomic E-state index is 12.2. The molecule has 21 heavy (non-hydrogen) atoms. The van der Waals surface area contributed by atoms with Crippen molar-refractivity contribution in [3.63, 3.8) is 0 Å². The predicted molar refractivity (Wildman–Crippen MR) is 89.7 cm³/mol. The Morgan fingerprint density at radius 1 is 1.14 bits per heavy atom. The van der Waals surface area contributed by atoms with Crippen LogP contribution in [0.15, 0.2) is 48.5 Å². The van der Waals surface area contributed by atoms with Gasteiger partial charge < -0.3 is 11.1 Å². The zero-order valence-electron chi connectivity index (χ0n) is 11.5. The number of amides is 1. The van der Waals surface area contributed by atoms with Crippen LogP contribution in [0.25, 0.3) is 0 Å². The lowest BCUT2D eigenvalue weighted by molar-refractivity contribution is 0.0940. The number of carbonyl (C=O) groups excluding carboxylic acids is 1. The van der Waals surface area contributed by atoms with Gasteiger partial charge in [0, 0.05) is 16.1 Å². The van der Waals surface area contributed by atoms with Crippen molar-refractivity contribution < 1.29 is 4.79 Å². The van der Waals surface area contributed by atoms with Crippen molar-refractivity contribution in [3.8, 4) is 0 Å². The highest BCUT2D eigenvalue weighted by Gasteiger charge is 2.13. The largest absolute Gasteiger partial charge is 0.389 e. The van der Waals surface area contributed by atoms with Crippen LogP contribution in [0.3, 0.4) is 0 Å². The van der Waals surface area contributed by atoms with Gasteiger partial charge in [0.15, 0.2) is 0 Å². The van der Waals surface area contributed by atoms with Gasteiger partial charge in [0.05, 0.1) is 6.04 Å². The molecule has 0 aromatic heterocycles. The summed E-state index contributed by atoms with van der Waals surface area (Å²) in [4.78, 5) is 12.5. The fraction of sp³-hybridized carbons (Fsp3) is 0.125. The Balaban J connectivity index is 2.11. The third-order valence-electron chi connectivity index (χ3n) is 3.15. The maximum Gasteiger partial charge on any atom is 0.251 e. The molecule has 2 rings (SSSR count). The topological polar surface area (TPSA) is 55.1 Å². The highest BCUT2D eigenvalue weighted by Crippen LogP contribution is 2.22. The third-order valence-corrected chi connectivity index (χ3v) is 3.73. The van der Waals surface area contributed by atoms with Crippen molar-refractivity contribution in [1.29, 1.82) is 0 Å². The van der Waals surface area contributed by atoms with E-state index in [1.54, 1.807) is 30.3 Å². The fourth-order valence-corrected chi connectivity index (χ4v) is 2.41. The first-order chi connectivity index (χ1) is 9.99. The van der Waals surface area contributed by atoms with Gasteiger partial charge in [-0.25, -0.2) is 0 Å². The Labute approximate surface area is 134 Å². The highest BCUT2D eigenvalue weighted by molar-refractivity contribution is 7.80. The normalized spacial score (nSPS) is 11.7. The molecule has 3 N–H and O–H groups in total. The number of hydrogen-bond acceptors (Lipinski definition) is 2. The van der Waals surface area contributed by atoms with E-state index in [4.69, 9.17) is 29.6 Å². The molecule has 0 heterocycles. The van der Waals surface area contributed by atoms with E-state index in [9.17, 15) is 4.79 Å². The molecule has 3 nitrogen and oxygen atoms in total. The van der Waals surface area contributed by atoms with E-state index in [2.05, 4.69) is 5.32 Å². The Bertz CT molecular complexity index is 670. The van der Waals surface area contributed by atoms with Gasteiger partial charge in [-0.15, -0.1) is 0 Å². The average molecular weight is 319 g/mol. The summed E-state index contributed by atoms with van der Waals surface area (Å²) in [6.45, 7) is 1.89. The molecule has 0 spiro atoms. The molecule has 0 aliphatic carbocycles. The van der Waals surface area contributed by atoms with Crippen LogP contribution in [-0.2, 0) is 0 Å². The molecule has 0 aliphatic rings. The Hall–Kier alpha value is -1.91. The van der Waals surface area contributed by atoms with Crippen LogP contribution < -0.4 is 11.1 Å². The van der Waals surface area contributed by atoms with E-state index in [0.29, 0.717) is 15.6 Å². The average Bonchev–Trinajstić information content (AvgIpc) is 2.47. The number of carbonyl (C=O) groups is 1. The van der Waals surface area contributed by atoms with Crippen molar-refractivity contribution >= 4 is 34.7 Å². The standard InChI is InChI=1S/C16H15ClN2OS/c1-10(13-4-2-3-5-14(13)17)19-16(20)12-8-6-11(7-9-12)15(18)21/h2-10H,1H3,(H2,18,21)(H,19,20)/t10-/m1/s1. The quantitative estimate of drug-likeness (QED) is 0.849. The second-order valence-electron chi connectivity index (χ2n) is 4.66. The molecule has 2 aromatic carbocycles. The van der Waals surface area contributed by atoms with Gasteiger partial charge in [-0.2, -0.15) is 0 Å². The minimum atomic E-state index is -0.179. The number of benzene rings is 2. The molecule has 5 heteroatoms. The second-order valence-corrected chi connectivity index (χ2v) is 5.51. The van der Waals surface area contributed by atoms with Gasteiger partial charge in [0.1, 0.15) is 4.99 Å². The molecule has 0 unspecified atom stereocenters. The van der Waals surface area contributed by atoms with Gasteiger partial charge in [-0.1, -0.05) is 54.2 Å². The van der Waals surface area contributed by atoms with E-state index in [1.165, 1.54) is 0 Å². The van der Waals surface area contributed by atoms with Crippen molar-refractivity contribution in [2.45, 2.75) is 13.0 Å². The minimum absolute atomic E-state index is 0.170. The minimum Gasteiger partial charge on any atom is -0.389 e. The summed E-state index contributed by atoms with van der Waals surface area (Å²) < 4.78 is 0. The first-order valence-corrected chi connectivity index (χ1v) is 7.23. The number of rotatable bonds is 4. The fourth-order valence-electron chi connectivity index (χ4n) is 1.97. The van der Waals surface area contributed by atoms with Crippen molar-refractivity contribution in [1.82, 2.24) is 5.32 Å². The SMILES string of the molecule is C[C@@H](NC(=O)c1ccc(C(N)=S)cc1)c1ccccc1Cl. The van der Waals surface area contributed by atoms with E-state index in [1.807, 2.05) is 25.1 Å². The smallest absolute Gasteiger partial charge is 0.251 e. The molecule has 2 aromatic rings. The lowest BCUT2D eigenvalue weighted by Crippen LogP contribution is -2.26. The Morgan fingerprint density at radius 3 is 2.29 bits per heavy atom. The van der Waals surface area contributed by atoms with Gasteiger partial charge in [-0.05, 0) is 30.7 Å². The molecular weight excluding hydrogens is 304 g/mol. The van der Waals surface area contributed by atoms with Crippen molar-refractivity contribution in [2.75, 3.05) is 0 Å². The molecule has 0 saturated carbocycles. The van der Waals surface area contributed by atoms with Crippen molar-refractivity contribution in [3.05, 3.63) is 70.2 Å². The summed E-state index contributed by atoms with van der Waals surface area (Å²) in [7, 11) is 0. The molecule has 0 saturated heterocycles. The number of nitrogens with two attached hydrogens (primary N) is 1. The van der Waals surface area contributed by atoms with Gasteiger partial charge in [0.25, 0.3) is 5.91 Å². The molecular formula is C16H15ClN2OS. The third kappa shape index (κ3) is 3.80. The van der Waals surface area contributed by atoms with Crippen LogP contribution in [-0.4, -0.2) is 10.9 Å². The summed E-state index contributed by atoms with van der Waals surface area (Å²) in [5, 5.41) is 3.55. The van der Waals surface area contributed by atoms with E-state index >= 15 is 0 Å². The van der Waals surface area contributed by atoms with Crippen molar-refractivity contribution in [2.24, 2.45) is 5.73 Å².